The lowest BCUT2D eigenvalue weighted by Gasteiger charge is -2.17. The molecule has 3 N–H and O–H groups in total. The van der Waals surface area contributed by atoms with E-state index in [1.54, 1.807) is 0 Å². The minimum Gasteiger partial charge on any atom is -0.361 e. The average molecular weight is 455 g/mol. The van der Waals surface area contributed by atoms with Crippen molar-refractivity contribution in [1.82, 2.24) is 15.0 Å². The lowest BCUT2D eigenvalue weighted by Crippen LogP contribution is -2.21. The molecule has 0 saturated carbocycles. The summed E-state index contributed by atoms with van der Waals surface area (Å²) in [5.74, 6) is 1.52. The van der Waals surface area contributed by atoms with E-state index in [1.807, 2.05) is 43.5 Å². The summed E-state index contributed by atoms with van der Waals surface area (Å²) in [5, 5.41) is 7.48. The Balaban J connectivity index is 1.23. The molecule has 0 unspecified atom stereocenters. The zero-order valence-corrected chi connectivity index (χ0v) is 19.7. The third kappa shape index (κ3) is 4.88. The molecule has 1 aliphatic rings. The maximum Gasteiger partial charge on any atom is 0.228 e. The number of hydrogen-bond donors (Lipinski definition) is 3. The standard InChI is InChI=1S/C27H30N6O/c1-3-19-6-11-24-23(15-19)20(17-28-24)16-26(34)31-22-9-7-21(8-10-22)30-25-14-18(2)29-27(32-25)33-12-4-5-13-33/h6-11,14-15,17,28H,3-5,12-13,16H2,1-2H3,(H,31,34)(H,29,30,32). The van der Waals surface area contributed by atoms with Crippen molar-refractivity contribution in [2.24, 2.45) is 0 Å². The van der Waals surface area contributed by atoms with Gasteiger partial charge in [0.25, 0.3) is 0 Å². The summed E-state index contributed by atoms with van der Waals surface area (Å²) in [4.78, 5) is 27.5. The molecular formula is C27H30N6O. The van der Waals surface area contributed by atoms with Crippen LogP contribution in [0.4, 0.5) is 23.1 Å². The molecular weight excluding hydrogens is 424 g/mol. The minimum atomic E-state index is -0.0369. The average Bonchev–Trinajstić information content (AvgIpc) is 3.50. The second-order valence-corrected chi connectivity index (χ2v) is 8.86. The van der Waals surface area contributed by atoms with Crippen molar-refractivity contribution in [1.29, 1.82) is 0 Å². The number of nitrogens with zero attached hydrogens (tertiary/aromatic N) is 3. The summed E-state index contributed by atoms with van der Waals surface area (Å²) in [6.45, 7) is 6.14. The number of carbonyl (C=O) groups excluding carboxylic acids is 1. The van der Waals surface area contributed by atoms with Gasteiger partial charge in [-0.15, -0.1) is 0 Å². The molecule has 0 radical (unpaired) electrons. The molecule has 1 aliphatic heterocycles. The number of amides is 1. The van der Waals surface area contributed by atoms with Gasteiger partial charge in [-0.3, -0.25) is 4.79 Å². The Labute approximate surface area is 199 Å². The van der Waals surface area contributed by atoms with Crippen LogP contribution in [0.1, 0.15) is 36.6 Å². The molecule has 0 bridgehead atoms. The number of rotatable bonds is 7. The maximum atomic E-state index is 12.7. The van der Waals surface area contributed by atoms with Gasteiger partial charge >= 0.3 is 0 Å². The molecule has 5 rings (SSSR count). The van der Waals surface area contributed by atoms with E-state index in [0.717, 1.165) is 64.8 Å². The van der Waals surface area contributed by atoms with E-state index in [1.165, 1.54) is 18.4 Å². The van der Waals surface area contributed by atoms with E-state index >= 15 is 0 Å². The monoisotopic (exact) mass is 454 g/mol. The van der Waals surface area contributed by atoms with Gasteiger partial charge in [0.1, 0.15) is 5.82 Å². The van der Waals surface area contributed by atoms with Crippen LogP contribution in [0.3, 0.4) is 0 Å². The Bertz CT molecular complexity index is 1300. The van der Waals surface area contributed by atoms with Crippen molar-refractivity contribution in [2.75, 3.05) is 28.6 Å². The Morgan fingerprint density at radius 3 is 2.56 bits per heavy atom. The number of hydrogen-bond acceptors (Lipinski definition) is 5. The SMILES string of the molecule is CCc1ccc2[nH]cc(CC(=O)Nc3ccc(Nc4cc(C)nc(N5CCCC5)n4)cc3)c2c1. The van der Waals surface area contributed by atoms with Crippen LogP contribution in [0.2, 0.25) is 0 Å². The summed E-state index contributed by atoms with van der Waals surface area (Å²) >= 11 is 0. The molecule has 7 heteroatoms. The van der Waals surface area contributed by atoms with Crippen molar-refractivity contribution in [2.45, 2.75) is 39.5 Å². The third-order valence-electron chi connectivity index (χ3n) is 6.26. The highest BCUT2D eigenvalue weighted by Crippen LogP contribution is 2.24. The van der Waals surface area contributed by atoms with Gasteiger partial charge in [-0.1, -0.05) is 13.0 Å². The second-order valence-electron chi connectivity index (χ2n) is 8.86. The Hall–Kier alpha value is -3.87. The summed E-state index contributed by atoms with van der Waals surface area (Å²) in [7, 11) is 0. The van der Waals surface area contributed by atoms with E-state index in [9.17, 15) is 4.79 Å². The molecule has 1 fully saturated rings. The number of benzene rings is 2. The number of aromatic nitrogens is 3. The Morgan fingerprint density at radius 2 is 1.79 bits per heavy atom. The van der Waals surface area contributed by atoms with E-state index in [-0.39, 0.29) is 5.91 Å². The van der Waals surface area contributed by atoms with Gasteiger partial charge in [-0.05, 0) is 73.7 Å². The Morgan fingerprint density at radius 1 is 1.03 bits per heavy atom. The first-order valence-electron chi connectivity index (χ1n) is 11.9. The van der Waals surface area contributed by atoms with Crippen molar-refractivity contribution >= 4 is 40.0 Å². The van der Waals surface area contributed by atoms with Gasteiger partial charge in [0.2, 0.25) is 11.9 Å². The molecule has 2 aromatic heterocycles. The zero-order chi connectivity index (χ0) is 23.5. The molecule has 2 aromatic carbocycles. The first kappa shape index (κ1) is 21.9. The first-order chi connectivity index (χ1) is 16.6. The number of anilines is 4. The molecule has 1 saturated heterocycles. The summed E-state index contributed by atoms with van der Waals surface area (Å²) in [6.07, 6.45) is 5.60. The smallest absolute Gasteiger partial charge is 0.228 e. The number of aryl methyl sites for hydroxylation is 2. The maximum absolute atomic E-state index is 12.7. The molecule has 0 spiro atoms. The van der Waals surface area contributed by atoms with Crippen LogP contribution in [0.15, 0.2) is 54.7 Å². The molecule has 0 atom stereocenters. The van der Waals surface area contributed by atoms with Crippen LogP contribution in [-0.2, 0) is 17.6 Å². The van der Waals surface area contributed by atoms with Crippen LogP contribution < -0.4 is 15.5 Å². The van der Waals surface area contributed by atoms with E-state index in [0.29, 0.717) is 6.42 Å². The lowest BCUT2D eigenvalue weighted by atomic mass is 10.1. The van der Waals surface area contributed by atoms with Gasteiger partial charge in [-0.25, -0.2) is 4.98 Å². The topological polar surface area (TPSA) is 85.9 Å². The molecule has 3 heterocycles. The third-order valence-corrected chi connectivity index (χ3v) is 6.26. The van der Waals surface area contributed by atoms with Crippen LogP contribution in [0, 0.1) is 6.92 Å². The fourth-order valence-electron chi connectivity index (χ4n) is 4.43. The van der Waals surface area contributed by atoms with Crippen molar-refractivity contribution in [3.05, 3.63) is 71.5 Å². The Kier molecular flexibility index (Phi) is 6.16. The number of fused-ring (bicyclic) bond motifs is 1. The van der Waals surface area contributed by atoms with Crippen molar-refractivity contribution < 1.29 is 4.79 Å². The van der Waals surface area contributed by atoms with Crippen LogP contribution in [-0.4, -0.2) is 33.9 Å². The number of carbonyl (C=O) groups is 1. The van der Waals surface area contributed by atoms with Crippen LogP contribution in [0.5, 0.6) is 0 Å². The van der Waals surface area contributed by atoms with E-state index in [2.05, 4.69) is 50.6 Å². The molecule has 1 amide bonds. The van der Waals surface area contributed by atoms with Crippen molar-refractivity contribution in [3.63, 3.8) is 0 Å². The number of aromatic amines is 1. The second kappa shape index (κ2) is 9.55. The van der Waals surface area contributed by atoms with Crippen LogP contribution in [0.25, 0.3) is 10.9 Å². The van der Waals surface area contributed by atoms with Crippen LogP contribution >= 0.6 is 0 Å². The molecule has 7 nitrogen and oxygen atoms in total. The molecule has 0 aliphatic carbocycles. The molecule has 174 valence electrons. The van der Waals surface area contributed by atoms with Gasteiger partial charge in [-0.2, -0.15) is 4.98 Å². The normalized spacial score (nSPS) is 13.4. The molecule has 4 aromatic rings. The predicted octanol–water partition coefficient (Wildman–Crippen LogP) is 5.35. The minimum absolute atomic E-state index is 0.0369. The van der Waals surface area contributed by atoms with E-state index < -0.39 is 0 Å². The first-order valence-corrected chi connectivity index (χ1v) is 11.9. The highest BCUT2D eigenvalue weighted by Gasteiger charge is 2.16. The van der Waals surface area contributed by atoms with Gasteiger partial charge in [0, 0.05) is 53.3 Å². The number of H-pyrrole nitrogens is 1. The zero-order valence-electron chi connectivity index (χ0n) is 19.7. The molecule has 34 heavy (non-hydrogen) atoms. The highest BCUT2D eigenvalue weighted by atomic mass is 16.1. The van der Waals surface area contributed by atoms with Gasteiger partial charge < -0.3 is 20.5 Å². The highest BCUT2D eigenvalue weighted by molar-refractivity contribution is 5.96. The fourth-order valence-corrected chi connectivity index (χ4v) is 4.43. The lowest BCUT2D eigenvalue weighted by molar-refractivity contribution is -0.115. The van der Waals surface area contributed by atoms with E-state index in [4.69, 9.17) is 4.98 Å². The number of nitrogens with one attached hydrogen (secondary N) is 3. The van der Waals surface area contributed by atoms with Gasteiger partial charge in [0.05, 0.1) is 6.42 Å². The van der Waals surface area contributed by atoms with Crippen molar-refractivity contribution in [3.8, 4) is 0 Å². The summed E-state index contributed by atoms with van der Waals surface area (Å²) < 4.78 is 0. The summed E-state index contributed by atoms with van der Waals surface area (Å²) in [6, 6.07) is 16.0. The van der Waals surface area contributed by atoms with Gasteiger partial charge in [0.15, 0.2) is 0 Å². The predicted molar refractivity (Wildman–Crippen MR) is 138 cm³/mol. The summed E-state index contributed by atoms with van der Waals surface area (Å²) in [5.41, 5.74) is 5.95. The largest absolute Gasteiger partial charge is 0.361 e. The fraction of sp³-hybridized carbons (Fsp3) is 0.296. The quantitative estimate of drug-likeness (QED) is 0.350.